The molecule has 1 N–H and O–H groups in total. The first-order valence-electron chi connectivity index (χ1n) is 7.38. The molecule has 1 heterocycles. The van der Waals surface area contributed by atoms with Crippen molar-refractivity contribution in [1.29, 1.82) is 0 Å². The molecule has 2 rings (SSSR count). The van der Waals surface area contributed by atoms with Gasteiger partial charge in [0.25, 0.3) is 0 Å². The van der Waals surface area contributed by atoms with Crippen molar-refractivity contribution in [3.8, 4) is 0 Å². The predicted octanol–water partition coefficient (Wildman–Crippen LogP) is 3.83. The van der Waals surface area contributed by atoms with Gasteiger partial charge in [-0.3, -0.25) is 10.1 Å². The number of hydrogen-bond donors (Lipinski definition) is 1. The zero-order valence-electron chi connectivity index (χ0n) is 12.8. The highest BCUT2D eigenvalue weighted by atomic mass is 16.5. The van der Waals surface area contributed by atoms with E-state index in [9.17, 15) is 4.79 Å². The van der Waals surface area contributed by atoms with Crippen molar-refractivity contribution in [2.24, 2.45) is 5.92 Å². The van der Waals surface area contributed by atoms with Gasteiger partial charge in [0.2, 0.25) is 11.8 Å². The number of carbonyl (C=O) groups is 1. The number of aromatic nitrogens is 1. The highest BCUT2D eigenvalue weighted by Gasteiger charge is 2.27. The zero-order chi connectivity index (χ0) is 14.8. The molecule has 1 aromatic rings. The minimum absolute atomic E-state index is 0.0423. The highest BCUT2D eigenvalue weighted by molar-refractivity contribution is 5.92. The molecule has 110 valence electrons. The summed E-state index contributed by atoms with van der Waals surface area (Å²) in [7, 11) is 0. The molecule has 0 spiro atoms. The van der Waals surface area contributed by atoms with Crippen LogP contribution in [0.2, 0.25) is 0 Å². The normalized spacial score (nSPS) is 19.1. The molecule has 1 aromatic heterocycles. The second-order valence-corrected chi connectivity index (χ2v) is 6.41. The molecule has 1 aliphatic rings. The first kappa shape index (κ1) is 14.8. The molecule has 1 aliphatic carbocycles. The van der Waals surface area contributed by atoms with Crippen LogP contribution in [-0.4, -0.2) is 11.1 Å². The minimum Gasteiger partial charge on any atom is -0.338 e. The van der Waals surface area contributed by atoms with E-state index in [4.69, 9.17) is 4.52 Å². The van der Waals surface area contributed by atoms with E-state index in [0.717, 1.165) is 36.9 Å². The van der Waals surface area contributed by atoms with Crippen molar-refractivity contribution in [3.05, 3.63) is 23.4 Å². The van der Waals surface area contributed by atoms with Crippen molar-refractivity contribution in [3.63, 3.8) is 0 Å². The molecule has 0 aliphatic heterocycles. The van der Waals surface area contributed by atoms with Gasteiger partial charge in [0.1, 0.15) is 0 Å². The molecule has 0 saturated carbocycles. The Morgan fingerprint density at radius 3 is 2.75 bits per heavy atom. The van der Waals surface area contributed by atoms with Gasteiger partial charge in [0.05, 0.1) is 5.69 Å². The van der Waals surface area contributed by atoms with Crippen molar-refractivity contribution in [2.75, 3.05) is 5.32 Å². The number of hydrogen-bond acceptors (Lipinski definition) is 3. The molecule has 0 fully saturated rings. The lowest BCUT2D eigenvalue weighted by Crippen LogP contribution is -2.24. The van der Waals surface area contributed by atoms with E-state index < -0.39 is 0 Å². The summed E-state index contributed by atoms with van der Waals surface area (Å²) >= 11 is 0. The Morgan fingerprint density at radius 1 is 1.45 bits per heavy atom. The van der Waals surface area contributed by atoms with Gasteiger partial charge in [-0.25, -0.2) is 0 Å². The maximum atomic E-state index is 12.3. The second kappa shape index (κ2) is 5.81. The molecule has 0 radical (unpaired) electrons. The van der Waals surface area contributed by atoms with E-state index in [2.05, 4.69) is 50.3 Å². The third-order valence-corrected chi connectivity index (χ3v) is 3.73. The smallest absolute Gasteiger partial charge is 0.234 e. The molecule has 0 saturated heterocycles. The lowest BCUT2D eigenvalue weighted by atomic mass is 9.88. The highest BCUT2D eigenvalue weighted by Crippen LogP contribution is 2.31. The van der Waals surface area contributed by atoms with E-state index in [0.29, 0.717) is 5.88 Å². The predicted molar refractivity (Wildman–Crippen MR) is 79.7 cm³/mol. The van der Waals surface area contributed by atoms with Crippen molar-refractivity contribution in [1.82, 2.24) is 5.16 Å². The monoisotopic (exact) mass is 276 g/mol. The van der Waals surface area contributed by atoms with Crippen LogP contribution in [0.5, 0.6) is 0 Å². The van der Waals surface area contributed by atoms with E-state index >= 15 is 0 Å². The maximum Gasteiger partial charge on any atom is 0.234 e. The van der Waals surface area contributed by atoms with Crippen molar-refractivity contribution in [2.45, 2.75) is 58.8 Å². The second-order valence-electron chi connectivity index (χ2n) is 6.41. The van der Waals surface area contributed by atoms with Gasteiger partial charge in [-0.2, -0.15) is 0 Å². The Morgan fingerprint density at radius 2 is 2.20 bits per heavy atom. The molecule has 0 aromatic carbocycles. The molecule has 20 heavy (non-hydrogen) atoms. The van der Waals surface area contributed by atoms with Gasteiger partial charge in [-0.1, -0.05) is 45.0 Å². The number of amides is 1. The topological polar surface area (TPSA) is 55.1 Å². The summed E-state index contributed by atoms with van der Waals surface area (Å²) in [5, 5.41) is 7.07. The van der Waals surface area contributed by atoms with E-state index in [1.165, 1.54) is 0 Å². The fraction of sp³-hybridized carbons (Fsp3) is 0.625. The molecule has 4 nitrogen and oxygen atoms in total. The summed E-state index contributed by atoms with van der Waals surface area (Å²) < 4.78 is 5.37. The zero-order valence-corrected chi connectivity index (χ0v) is 12.8. The van der Waals surface area contributed by atoms with Crippen LogP contribution in [-0.2, 0) is 16.6 Å². The van der Waals surface area contributed by atoms with Crippen LogP contribution in [0, 0.1) is 5.92 Å². The van der Waals surface area contributed by atoms with Crippen molar-refractivity contribution < 1.29 is 9.32 Å². The van der Waals surface area contributed by atoms with Gasteiger partial charge < -0.3 is 4.52 Å². The summed E-state index contributed by atoms with van der Waals surface area (Å²) in [5.74, 6) is 0.616. The Labute approximate surface area is 120 Å². The van der Waals surface area contributed by atoms with Gasteiger partial charge in [-0.05, 0) is 25.7 Å². The van der Waals surface area contributed by atoms with Crippen LogP contribution in [0.3, 0.4) is 0 Å². The molecule has 0 bridgehead atoms. The summed E-state index contributed by atoms with van der Waals surface area (Å²) in [6, 6.07) is 0. The van der Waals surface area contributed by atoms with E-state index in [1.54, 1.807) is 0 Å². The first-order valence-corrected chi connectivity index (χ1v) is 7.38. The molecular weight excluding hydrogens is 252 g/mol. The Bertz CT molecular complexity index is 509. The Balaban J connectivity index is 2.15. The lowest BCUT2D eigenvalue weighted by molar-refractivity contribution is -0.120. The largest absolute Gasteiger partial charge is 0.338 e. The van der Waals surface area contributed by atoms with E-state index in [-0.39, 0.29) is 17.2 Å². The summed E-state index contributed by atoms with van der Waals surface area (Å²) in [6.45, 7) is 8.35. The number of carbonyl (C=O) groups excluding carboxylic acids is 1. The molecule has 1 amide bonds. The van der Waals surface area contributed by atoms with Gasteiger partial charge in [0, 0.05) is 16.9 Å². The fourth-order valence-corrected chi connectivity index (χ4v) is 2.57. The SMILES string of the molecule is CCc1c(C(C)(C)C)noc1NC(=O)C1CC=CCC1. The maximum absolute atomic E-state index is 12.3. The average molecular weight is 276 g/mol. The Hall–Kier alpha value is -1.58. The fourth-order valence-electron chi connectivity index (χ4n) is 2.57. The van der Waals surface area contributed by atoms with E-state index in [1.807, 2.05) is 0 Å². The summed E-state index contributed by atoms with van der Waals surface area (Å²) in [5.41, 5.74) is 1.86. The van der Waals surface area contributed by atoms with Crippen LogP contribution < -0.4 is 5.32 Å². The van der Waals surface area contributed by atoms with Crippen LogP contribution in [0.4, 0.5) is 5.88 Å². The average Bonchev–Trinajstić information content (AvgIpc) is 2.82. The standard InChI is InChI=1S/C16H24N2O2/c1-5-12-13(16(2,3)4)18-20-15(12)17-14(19)11-9-7-6-8-10-11/h6-7,11H,5,8-10H2,1-4H3,(H,17,19). The van der Waals surface area contributed by atoms with Gasteiger partial charge in [-0.15, -0.1) is 0 Å². The van der Waals surface area contributed by atoms with Crippen molar-refractivity contribution >= 4 is 11.8 Å². The molecular formula is C16H24N2O2. The molecule has 1 unspecified atom stereocenters. The van der Waals surface area contributed by atoms with Crippen LogP contribution >= 0.6 is 0 Å². The third kappa shape index (κ3) is 3.11. The summed E-state index contributed by atoms with van der Waals surface area (Å²) in [6.07, 6.45) is 7.71. The number of anilines is 1. The minimum atomic E-state index is -0.0780. The number of rotatable bonds is 3. The molecule has 1 atom stereocenters. The van der Waals surface area contributed by atoms with Gasteiger partial charge in [0.15, 0.2) is 0 Å². The van der Waals surface area contributed by atoms with Crippen LogP contribution in [0.25, 0.3) is 0 Å². The van der Waals surface area contributed by atoms with Crippen LogP contribution in [0.15, 0.2) is 16.7 Å². The first-order chi connectivity index (χ1) is 9.43. The third-order valence-electron chi connectivity index (χ3n) is 3.73. The number of nitrogens with one attached hydrogen (secondary N) is 1. The summed E-state index contributed by atoms with van der Waals surface area (Å²) in [4.78, 5) is 12.3. The van der Waals surface area contributed by atoms with Crippen LogP contribution in [0.1, 0.15) is 58.2 Å². The quantitative estimate of drug-likeness (QED) is 0.854. The molecule has 4 heteroatoms. The Kier molecular flexibility index (Phi) is 4.31. The number of allylic oxidation sites excluding steroid dienone is 2. The number of nitrogens with zero attached hydrogens (tertiary/aromatic N) is 1. The lowest BCUT2D eigenvalue weighted by Gasteiger charge is -2.17. The van der Waals surface area contributed by atoms with Gasteiger partial charge >= 0.3 is 0 Å².